The van der Waals surface area contributed by atoms with E-state index < -0.39 is 0 Å². The van der Waals surface area contributed by atoms with Crippen molar-refractivity contribution in [3.63, 3.8) is 0 Å². The molecule has 2 atom stereocenters. The molecule has 1 amide bonds. The highest BCUT2D eigenvalue weighted by atomic mass is 16.5. The maximum Gasteiger partial charge on any atom is 0.251 e. The van der Waals surface area contributed by atoms with Crippen LogP contribution in [0.25, 0.3) is 0 Å². The number of amides is 1. The molecule has 6 nitrogen and oxygen atoms in total. The summed E-state index contributed by atoms with van der Waals surface area (Å²) in [6, 6.07) is 18.9. The minimum Gasteiger partial charge on any atom is -0.497 e. The maximum atomic E-state index is 12.6. The summed E-state index contributed by atoms with van der Waals surface area (Å²) in [4.78, 5) is 12.6. The molecule has 6 heteroatoms. The Morgan fingerprint density at radius 1 is 1.13 bits per heavy atom. The largest absolute Gasteiger partial charge is 0.497 e. The number of carbonyl (C=O) groups is 1. The van der Waals surface area contributed by atoms with Crippen LogP contribution in [0.1, 0.15) is 42.1 Å². The zero-order valence-electron chi connectivity index (χ0n) is 18.1. The van der Waals surface area contributed by atoms with E-state index >= 15 is 0 Å². The van der Waals surface area contributed by atoms with Crippen molar-refractivity contribution in [3.05, 3.63) is 77.7 Å². The van der Waals surface area contributed by atoms with Crippen molar-refractivity contribution in [1.29, 1.82) is 0 Å². The molecule has 3 aromatic rings. The van der Waals surface area contributed by atoms with E-state index in [-0.39, 0.29) is 17.4 Å². The van der Waals surface area contributed by atoms with Crippen LogP contribution in [0.15, 0.2) is 65.2 Å². The molecular weight excluding hydrogens is 392 g/mol. The number of hydrogen-bond donors (Lipinski definition) is 1. The van der Waals surface area contributed by atoms with Crippen molar-refractivity contribution >= 4 is 5.91 Å². The van der Waals surface area contributed by atoms with E-state index in [1.54, 1.807) is 31.4 Å². The highest BCUT2D eigenvalue weighted by molar-refractivity contribution is 5.94. The number of hydrogen-bond acceptors (Lipinski definition) is 5. The van der Waals surface area contributed by atoms with Gasteiger partial charge in [0.05, 0.1) is 12.8 Å². The lowest BCUT2D eigenvalue weighted by atomic mass is 9.57. The predicted molar refractivity (Wildman–Crippen MR) is 117 cm³/mol. The van der Waals surface area contributed by atoms with E-state index in [2.05, 4.69) is 24.3 Å². The number of para-hydroxylation sites is 1. The monoisotopic (exact) mass is 420 g/mol. The summed E-state index contributed by atoms with van der Waals surface area (Å²) in [6.07, 6.45) is 1.73. The first kappa shape index (κ1) is 21.0. The van der Waals surface area contributed by atoms with Gasteiger partial charge in [-0.15, -0.1) is 0 Å². The SMILES string of the molecule is COc1ccc(C(=O)NC2CC(Cc3cc(COc4ccccc4)on3)C2(C)C)cc1. The van der Waals surface area contributed by atoms with Gasteiger partial charge in [0, 0.05) is 17.7 Å². The summed E-state index contributed by atoms with van der Waals surface area (Å²) in [6.45, 7) is 4.74. The second kappa shape index (κ2) is 8.84. The molecule has 1 aliphatic rings. The van der Waals surface area contributed by atoms with E-state index in [4.69, 9.17) is 14.0 Å². The smallest absolute Gasteiger partial charge is 0.251 e. The average molecular weight is 421 g/mol. The van der Waals surface area contributed by atoms with Crippen LogP contribution in [0.5, 0.6) is 11.5 Å². The number of methoxy groups -OCH3 is 1. The van der Waals surface area contributed by atoms with Crippen molar-refractivity contribution in [2.24, 2.45) is 11.3 Å². The molecule has 0 radical (unpaired) electrons. The fourth-order valence-corrected chi connectivity index (χ4v) is 4.03. The third kappa shape index (κ3) is 4.74. The summed E-state index contributed by atoms with van der Waals surface area (Å²) >= 11 is 0. The van der Waals surface area contributed by atoms with Crippen LogP contribution in [0, 0.1) is 11.3 Å². The number of carbonyl (C=O) groups excluding carboxylic acids is 1. The summed E-state index contributed by atoms with van der Waals surface area (Å²) in [5.74, 6) is 2.61. The van der Waals surface area contributed by atoms with Crippen molar-refractivity contribution in [2.45, 2.75) is 39.3 Å². The molecule has 0 bridgehead atoms. The third-order valence-electron chi connectivity index (χ3n) is 6.32. The van der Waals surface area contributed by atoms with Gasteiger partial charge in [-0.05, 0) is 60.6 Å². The molecule has 2 aromatic carbocycles. The predicted octanol–water partition coefficient (Wildman–Crippen LogP) is 4.65. The molecule has 1 aliphatic carbocycles. The van der Waals surface area contributed by atoms with E-state index in [0.29, 0.717) is 23.8 Å². The standard InChI is InChI=1S/C25H28N2O4/c1-25(2)18(14-23(25)26-24(28)17-9-11-20(29-3)12-10-17)13-19-15-22(31-27-19)16-30-21-7-5-4-6-8-21/h4-12,15,18,23H,13-14,16H2,1-3H3,(H,26,28). The number of nitrogens with zero attached hydrogens (tertiary/aromatic N) is 1. The van der Waals surface area contributed by atoms with E-state index in [1.807, 2.05) is 36.4 Å². The number of ether oxygens (including phenoxy) is 2. The van der Waals surface area contributed by atoms with Gasteiger partial charge in [0.2, 0.25) is 0 Å². The first-order chi connectivity index (χ1) is 15.0. The lowest BCUT2D eigenvalue weighted by Crippen LogP contribution is -2.58. The summed E-state index contributed by atoms with van der Waals surface area (Å²) in [7, 11) is 1.61. The molecule has 2 unspecified atom stereocenters. The fraction of sp³-hybridized carbons (Fsp3) is 0.360. The first-order valence-electron chi connectivity index (χ1n) is 10.5. The second-order valence-electron chi connectivity index (χ2n) is 8.60. The van der Waals surface area contributed by atoms with Crippen molar-refractivity contribution < 1.29 is 18.8 Å². The molecule has 1 heterocycles. The molecule has 162 valence electrons. The Kier molecular flexibility index (Phi) is 5.98. The molecular formula is C25H28N2O4. The van der Waals surface area contributed by atoms with Crippen LogP contribution in [0.2, 0.25) is 0 Å². The van der Waals surface area contributed by atoms with Crippen molar-refractivity contribution in [2.75, 3.05) is 7.11 Å². The highest BCUT2D eigenvalue weighted by Gasteiger charge is 2.48. The molecule has 0 aliphatic heterocycles. The van der Waals surface area contributed by atoms with Gasteiger partial charge in [-0.2, -0.15) is 0 Å². The van der Waals surface area contributed by atoms with Crippen LogP contribution in [0.3, 0.4) is 0 Å². The minimum atomic E-state index is -0.0547. The Labute approximate surface area is 182 Å². The van der Waals surface area contributed by atoms with Crippen LogP contribution in [0.4, 0.5) is 0 Å². The third-order valence-corrected chi connectivity index (χ3v) is 6.32. The zero-order chi connectivity index (χ0) is 21.8. The molecule has 4 rings (SSSR count). The number of rotatable bonds is 8. The van der Waals surface area contributed by atoms with E-state index in [1.165, 1.54) is 0 Å². The Morgan fingerprint density at radius 3 is 2.55 bits per heavy atom. The Morgan fingerprint density at radius 2 is 1.87 bits per heavy atom. The molecule has 0 spiro atoms. The Balaban J connectivity index is 1.29. The van der Waals surface area contributed by atoms with Gasteiger partial charge in [0.1, 0.15) is 18.1 Å². The van der Waals surface area contributed by atoms with Crippen molar-refractivity contribution in [1.82, 2.24) is 10.5 Å². The maximum absolute atomic E-state index is 12.6. The van der Waals surface area contributed by atoms with Crippen molar-refractivity contribution in [3.8, 4) is 11.5 Å². The second-order valence-corrected chi connectivity index (χ2v) is 8.60. The number of benzene rings is 2. The highest BCUT2D eigenvalue weighted by Crippen LogP contribution is 2.47. The summed E-state index contributed by atoms with van der Waals surface area (Å²) in [5, 5.41) is 7.39. The van der Waals surface area contributed by atoms with Gasteiger partial charge in [0.25, 0.3) is 5.91 Å². The van der Waals surface area contributed by atoms with Crippen LogP contribution >= 0.6 is 0 Å². The normalized spacial score (nSPS) is 19.3. The average Bonchev–Trinajstić information content (AvgIpc) is 3.25. The zero-order valence-corrected chi connectivity index (χ0v) is 18.1. The number of aromatic nitrogens is 1. The molecule has 1 fully saturated rings. The molecule has 1 aromatic heterocycles. The van der Waals surface area contributed by atoms with Gasteiger partial charge < -0.3 is 19.3 Å². The Hall–Kier alpha value is -3.28. The van der Waals surface area contributed by atoms with Gasteiger partial charge in [-0.1, -0.05) is 37.2 Å². The van der Waals surface area contributed by atoms with Gasteiger partial charge in [-0.3, -0.25) is 4.79 Å². The van der Waals surface area contributed by atoms with E-state index in [9.17, 15) is 4.79 Å². The van der Waals surface area contributed by atoms with Crippen LogP contribution in [-0.2, 0) is 13.0 Å². The van der Waals surface area contributed by atoms with Crippen LogP contribution < -0.4 is 14.8 Å². The summed E-state index contributed by atoms with van der Waals surface area (Å²) < 4.78 is 16.3. The van der Waals surface area contributed by atoms with Gasteiger partial charge >= 0.3 is 0 Å². The quantitative estimate of drug-likeness (QED) is 0.574. The van der Waals surface area contributed by atoms with Gasteiger partial charge in [0.15, 0.2) is 5.76 Å². The first-order valence-corrected chi connectivity index (χ1v) is 10.5. The fourth-order valence-electron chi connectivity index (χ4n) is 4.03. The lowest BCUT2D eigenvalue weighted by molar-refractivity contribution is 0.0138. The summed E-state index contributed by atoms with van der Waals surface area (Å²) in [5.41, 5.74) is 1.53. The minimum absolute atomic E-state index is 0.0260. The topological polar surface area (TPSA) is 73.6 Å². The molecule has 0 saturated heterocycles. The number of nitrogens with one attached hydrogen (secondary N) is 1. The lowest BCUT2D eigenvalue weighted by Gasteiger charge is -2.52. The molecule has 1 N–H and O–H groups in total. The van der Waals surface area contributed by atoms with E-state index in [0.717, 1.165) is 30.0 Å². The van der Waals surface area contributed by atoms with Gasteiger partial charge in [-0.25, -0.2) is 0 Å². The molecule has 1 saturated carbocycles. The molecule has 31 heavy (non-hydrogen) atoms. The van der Waals surface area contributed by atoms with Crippen LogP contribution in [-0.4, -0.2) is 24.2 Å². The Bertz CT molecular complexity index is 1010.